The molecule has 0 aliphatic rings. The Bertz CT molecular complexity index is 1320. The number of aromatic carboxylic acids is 1. The molecule has 2 aromatic carbocycles. The second kappa shape index (κ2) is 7.22. The molecule has 0 amide bonds. The lowest BCUT2D eigenvalue weighted by Gasteiger charge is -2.09. The zero-order valence-electron chi connectivity index (χ0n) is 16.4. The highest BCUT2D eigenvalue weighted by Crippen LogP contribution is 2.38. The number of aromatic nitrogens is 4. The molecule has 0 radical (unpaired) electrons. The molecule has 0 saturated carbocycles. The molecule has 0 saturated heterocycles. The minimum atomic E-state index is -4.74. The minimum Gasteiger partial charge on any atom is -0.478 e. The molecule has 160 valence electrons. The van der Waals surface area contributed by atoms with Crippen LogP contribution in [0.3, 0.4) is 0 Å². The van der Waals surface area contributed by atoms with Gasteiger partial charge in [0.15, 0.2) is 5.69 Å². The van der Waals surface area contributed by atoms with Crippen LogP contribution in [0.4, 0.5) is 17.6 Å². The Hall–Kier alpha value is -3.69. The number of hydrogen-bond acceptors (Lipinski definition) is 3. The number of hydrogen-bond donors (Lipinski definition) is 1. The molecule has 4 aromatic rings. The van der Waals surface area contributed by atoms with Crippen LogP contribution in [0.1, 0.15) is 27.2 Å². The smallest absolute Gasteiger partial charge is 0.435 e. The summed E-state index contributed by atoms with van der Waals surface area (Å²) in [5.41, 5.74) is -0.310. The predicted octanol–water partition coefficient (Wildman–Crippen LogP) is 4.65. The molecule has 31 heavy (non-hydrogen) atoms. The third-order valence-electron chi connectivity index (χ3n) is 5.05. The Kier molecular flexibility index (Phi) is 4.79. The Morgan fingerprint density at radius 2 is 1.94 bits per heavy atom. The van der Waals surface area contributed by atoms with E-state index < -0.39 is 29.2 Å². The van der Waals surface area contributed by atoms with Crippen molar-refractivity contribution in [2.75, 3.05) is 0 Å². The van der Waals surface area contributed by atoms with E-state index in [1.54, 1.807) is 37.0 Å². The van der Waals surface area contributed by atoms with Gasteiger partial charge in [0.25, 0.3) is 0 Å². The van der Waals surface area contributed by atoms with Crippen molar-refractivity contribution in [1.29, 1.82) is 0 Å². The summed E-state index contributed by atoms with van der Waals surface area (Å²) in [6.45, 7) is 1.33. The lowest BCUT2D eigenvalue weighted by Crippen LogP contribution is -2.11. The maximum absolute atomic E-state index is 14.5. The van der Waals surface area contributed by atoms with Crippen LogP contribution in [0.25, 0.3) is 22.0 Å². The molecule has 0 bridgehead atoms. The Morgan fingerprint density at radius 1 is 1.19 bits per heavy atom. The van der Waals surface area contributed by atoms with Crippen molar-refractivity contribution >= 4 is 16.9 Å². The van der Waals surface area contributed by atoms with Crippen molar-refractivity contribution in [2.24, 2.45) is 7.05 Å². The molecular weight excluding hydrogens is 416 g/mol. The predicted molar refractivity (Wildman–Crippen MR) is 104 cm³/mol. The Labute approximate surface area is 173 Å². The van der Waals surface area contributed by atoms with Gasteiger partial charge in [0, 0.05) is 29.8 Å². The van der Waals surface area contributed by atoms with Crippen LogP contribution < -0.4 is 0 Å². The molecule has 0 unspecified atom stereocenters. The van der Waals surface area contributed by atoms with Gasteiger partial charge in [0.2, 0.25) is 0 Å². The summed E-state index contributed by atoms with van der Waals surface area (Å²) in [6.07, 6.45) is -1.92. The summed E-state index contributed by atoms with van der Waals surface area (Å²) in [5.74, 6) is -2.47. The topological polar surface area (TPSA) is 72.9 Å². The highest BCUT2D eigenvalue weighted by Gasteiger charge is 2.38. The first-order valence-corrected chi connectivity index (χ1v) is 9.14. The van der Waals surface area contributed by atoms with Gasteiger partial charge in [-0.25, -0.2) is 9.18 Å². The van der Waals surface area contributed by atoms with E-state index in [-0.39, 0.29) is 17.7 Å². The summed E-state index contributed by atoms with van der Waals surface area (Å²) < 4.78 is 58.3. The quantitative estimate of drug-likeness (QED) is 0.477. The van der Waals surface area contributed by atoms with Crippen LogP contribution in [0, 0.1) is 12.7 Å². The zero-order valence-corrected chi connectivity index (χ0v) is 16.4. The highest BCUT2D eigenvalue weighted by molar-refractivity contribution is 5.88. The fourth-order valence-electron chi connectivity index (χ4n) is 3.55. The highest BCUT2D eigenvalue weighted by atomic mass is 19.4. The first-order valence-electron chi connectivity index (χ1n) is 9.14. The standard InChI is InChI=1S/C21H16F4N4O2/c1-11-6-13-8-26-28(2)17(13)7-15(11)16-10-29(27-19(16)21(23,24)25)9-12-4-3-5-14(18(12)22)20(30)31/h3-8,10H,9H2,1-2H3,(H,30,31). The van der Waals surface area contributed by atoms with Crippen molar-refractivity contribution in [2.45, 2.75) is 19.6 Å². The van der Waals surface area contributed by atoms with Gasteiger partial charge in [0.05, 0.1) is 23.8 Å². The molecule has 0 spiro atoms. The molecule has 0 aliphatic heterocycles. The second-order valence-electron chi connectivity index (χ2n) is 7.16. The van der Waals surface area contributed by atoms with E-state index in [9.17, 15) is 22.4 Å². The number of halogens is 4. The lowest BCUT2D eigenvalue weighted by atomic mass is 9.99. The number of carboxylic acid groups (broad SMARTS) is 1. The number of nitrogens with zero attached hydrogens (tertiary/aromatic N) is 4. The van der Waals surface area contributed by atoms with Crippen molar-refractivity contribution in [3.8, 4) is 11.1 Å². The van der Waals surface area contributed by atoms with E-state index in [0.717, 1.165) is 16.1 Å². The van der Waals surface area contributed by atoms with Gasteiger partial charge in [-0.2, -0.15) is 23.4 Å². The average Bonchev–Trinajstić information content (AvgIpc) is 3.26. The van der Waals surface area contributed by atoms with Gasteiger partial charge >= 0.3 is 12.1 Å². The van der Waals surface area contributed by atoms with Gasteiger partial charge in [0.1, 0.15) is 5.82 Å². The SMILES string of the molecule is Cc1cc2cnn(C)c2cc1-c1cn(Cc2cccc(C(=O)O)c2F)nc1C(F)(F)F. The number of fused-ring (bicyclic) bond motifs is 1. The molecule has 10 heteroatoms. The number of rotatable bonds is 4. The first-order chi connectivity index (χ1) is 14.6. The minimum absolute atomic E-state index is 0.0820. The van der Waals surface area contributed by atoms with Gasteiger partial charge in [-0.15, -0.1) is 0 Å². The van der Waals surface area contributed by atoms with Gasteiger partial charge < -0.3 is 5.11 Å². The second-order valence-corrected chi connectivity index (χ2v) is 7.16. The van der Waals surface area contributed by atoms with Gasteiger partial charge in [-0.3, -0.25) is 9.36 Å². The maximum Gasteiger partial charge on any atom is 0.435 e. The number of alkyl halides is 3. The van der Waals surface area contributed by atoms with E-state index in [4.69, 9.17) is 5.11 Å². The molecule has 2 heterocycles. The van der Waals surface area contributed by atoms with E-state index in [2.05, 4.69) is 10.2 Å². The van der Waals surface area contributed by atoms with Crippen molar-refractivity contribution < 1.29 is 27.5 Å². The van der Waals surface area contributed by atoms with Crippen LogP contribution in [0.15, 0.2) is 42.7 Å². The fraction of sp³-hybridized carbons (Fsp3) is 0.190. The van der Waals surface area contributed by atoms with E-state index in [1.165, 1.54) is 18.3 Å². The average molecular weight is 432 g/mol. The van der Waals surface area contributed by atoms with E-state index in [0.29, 0.717) is 16.6 Å². The summed E-state index contributed by atoms with van der Waals surface area (Å²) >= 11 is 0. The third kappa shape index (κ3) is 3.65. The van der Waals surface area contributed by atoms with Gasteiger partial charge in [-0.1, -0.05) is 12.1 Å². The molecule has 0 aliphatic carbocycles. The molecule has 6 nitrogen and oxygen atoms in total. The van der Waals surface area contributed by atoms with Gasteiger partial charge in [-0.05, 0) is 36.2 Å². The fourth-order valence-corrected chi connectivity index (χ4v) is 3.55. The van der Waals surface area contributed by atoms with Crippen LogP contribution >= 0.6 is 0 Å². The third-order valence-corrected chi connectivity index (χ3v) is 5.05. The van der Waals surface area contributed by atoms with Crippen molar-refractivity contribution in [3.05, 3.63) is 70.9 Å². The lowest BCUT2D eigenvalue weighted by molar-refractivity contribution is -0.141. The molecule has 0 fully saturated rings. The zero-order chi connectivity index (χ0) is 22.5. The van der Waals surface area contributed by atoms with Crippen LogP contribution in [-0.4, -0.2) is 30.6 Å². The molecule has 4 rings (SSSR count). The largest absolute Gasteiger partial charge is 0.478 e. The van der Waals surface area contributed by atoms with Crippen LogP contribution in [0.2, 0.25) is 0 Å². The monoisotopic (exact) mass is 432 g/mol. The number of carbonyl (C=O) groups is 1. The maximum atomic E-state index is 14.5. The van der Waals surface area contributed by atoms with Crippen LogP contribution in [-0.2, 0) is 19.8 Å². The number of aryl methyl sites for hydroxylation is 2. The first kappa shape index (κ1) is 20.6. The summed E-state index contributed by atoms with van der Waals surface area (Å²) in [6, 6.07) is 7.08. The van der Waals surface area contributed by atoms with E-state index >= 15 is 0 Å². The Balaban J connectivity index is 1.84. The molecule has 1 N–H and O–H groups in total. The number of carboxylic acids is 1. The summed E-state index contributed by atoms with van der Waals surface area (Å²) in [5, 5.41) is 17.6. The summed E-state index contributed by atoms with van der Waals surface area (Å²) in [7, 11) is 1.69. The van der Waals surface area contributed by atoms with Crippen molar-refractivity contribution in [3.63, 3.8) is 0 Å². The van der Waals surface area contributed by atoms with Crippen molar-refractivity contribution in [1.82, 2.24) is 19.6 Å². The summed E-state index contributed by atoms with van der Waals surface area (Å²) in [4.78, 5) is 11.1. The number of benzene rings is 2. The Morgan fingerprint density at radius 3 is 2.61 bits per heavy atom. The van der Waals surface area contributed by atoms with Crippen LogP contribution in [0.5, 0.6) is 0 Å². The molecular formula is C21H16F4N4O2. The molecule has 2 aromatic heterocycles. The normalized spacial score (nSPS) is 11.9. The molecule has 0 atom stereocenters. The van der Waals surface area contributed by atoms with E-state index in [1.807, 2.05) is 0 Å².